The second-order valence-electron chi connectivity index (χ2n) is 8.44. The molecule has 3 saturated carbocycles. The lowest BCUT2D eigenvalue weighted by atomic mass is 9.48. The van der Waals surface area contributed by atoms with E-state index in [-0.39, 0.29) is 5.41 Å². The normalized spacial score (nSPS) is 51.0. The molecule has 4 rings (SSSR count). The molecule has 0 aromatic heterocycles. The quantitative estimate of drug-likeness (QED) is 0.574. The van der Waals surface area contributed by atoms with E-state index in [2.05, 4.69) is 19.9 Å². The van der Waals surface area contributed by atoms with Crippen LogP contribution in [0.15, 0.2) is 11.6 Å². The van der Waals surface area contributed by atoms with Crippen LogP contribution < -0.4 is 0 Å². The van der Waals surface area contributed by atoms with Crippen LogP contribution in [-0.2, 0) is 0 Å². The molecule has 0 aromatic carbocycles. The highest BCUT2D eigenvalue weighted by Crippen LogP contribution is 2.63. The minimum absolute atomic E-state index is 0.261. The average molecular weight is 271 g/mol. The summed E-state index contributed by atoms with van der Waals surface area (Å²) < 4.78 is 0. The third-order valence-corrected chi connectivity index (χ3v) is 7.80. The Morgan fingerprint density at radius 2 is 1.80 bits per heavy atom. The van der Waals surface area contributed by atoms with Gasteiger partial charge in [0.05, 0.1) is 0 Å². The number of allylic oxidation sites excluding steroid dienone is 2. The third kappa shape index (κ3) is 1.53. The molecule has 5 atom stereocenters. The first-order chi connectivity index (χ1) is 9.56. The molecule has 4 aliphatic rings. The molecule has 4 aliphatic carbocycles. The molecular weight excluding hydrogens is 242 g/mol. The van der Waals surface area contributed by atoms with Crippen LogP contribution in [0.25, 0.3) is 0 Å². The molecule has 0 aromatic rings. The summed E-state index contributed by atoms with van der Waals surface area (Å²) in [6, 6.07) is 0. The lowest BCUT2D eigenvalue weighted by Gasteiger charge is -2.56. The number of fused-ring (bicyclic) bond motifs is 5. The molecule has 20 heavy (non-hydrogen) atoms. The predicted molar refractivity (Wildman–Crippen MR) is 84.0 cm³/mol. The van der Waals surface area contributed by atoms with Crippen molar-refractivity contribution in [2.75, 3.05) is 0 Å². The SMILES string of the molecule is CC12CCC3C(CC=C4CCCCC43C)C1CCC2=N. The fourth-order valence-electron chi connectivity index (χ4n) is 6.51. The number of hydrogen-bond acceptors (Lipinski definition) is 1. The van der Waals surface area contributed by atoms with Gasteiger partial charge in [0.25, 0.3) is 0 Å². The second kappa shape index (κ2) is 4.21. The highest BCUT2D eigenvalue weighted by atomic mass is 14.6. The second-order valence-corrected chi connectivity index (χ2v) is 8.44. The van der Waals surface area contributed by atoms with Crippen LogP contribution in [0.5, 0.6) is 0 Å². The van der Waals surface area contributed by atoms with Gasteiger partial charge >= 0.3 is 0 Å². The summed E-state index contributed by atoms with van der Waals surface area (Å²) in [4.78, 5) is 0. The Morgan fingerprint density at radius 3 is 2.65 bits per heavy atom. The topological polar surface area (TPSA) is 23.9 Å². The highest BCUT2D eigenvalue weighted by Gasteiger charge is 2.56. The Kier molecular flexibility index (Phi) is 2.76. The van der Waals surface area contributed by atoms with E-state index < -0.39 is 0 Å². The smallest absolute Gasteiger partial charge is 0.0151 e. The molecule has 1 nitrogen and oxygen atoms in total. The molecule has 0 bridgehead atoms. The van der Waals surface area contributed by atoms with Crippen molar-refractivity contribution >= 4 is 5.71 Å². The minimum Gasteiger partial charge on any atom is -0.309 e. The van der Waals surface area contributed by atoms with Crippen molar-refractivity contribution in [3.63, 3.8) is 0 Å². The van der Waals surface area contributed by atoms with Crippen LogP contribution in [0.3, 0.4) is 0 Å². The van der Waals surface area contributed by atoms with Crippen molar-refractivity contribution in [1.29, 1.82) is 5.41 Å². The Morgan fingerprint density at radius 1 is 1.00 bits per heavy atom. The van der Waals surface area contributed by atoms with Gasteiger partial charge in [-0.25, -0.2) is 0 Å². The summed E-state index contributed by atoms with van der Waals surface area (Å²) in [5.74, 6) is 2.61. The molecule has 0 radical (unpaired) electrons. The van der Waals surface area contributed by atoms with Crippen molar-refractivity contribution in [2.24, 2.45) is 28.6 Å². The number of hydrogen-bond donors (Lipinski definition) is 1. The third-order valence-electron chi connectivity index (χ3n) is 7.80. The van der Waals surface area contributed by atoms with Gasteiger partial charge in [-0.15, -0.1) is 0 Å². The fourth-order valence-corrected chi connectivity index (χ4v) is 6.51. The summed E-state index contributed by atoms with van der Waals surface area (Å²) in [5.41, 5.74) is 3.66. The van der Waals surface area contributed by atoms with E-state index in [9.17, 15) is 0 Å². The maximum atomic E-state index is 8.39. The van der Waals surface area contributed by atoms with Crippen LogP contribution in [0.2, 0.25) is 0 Å². The van der Waals surface area contributed by atoms with Gasteiger partial charge in [0.15, 0.2) is 0 Å². The summed E-state index contributed by atoms with van der Waals surface area (Å²) in [7, 11) is 0. The van der Waals surface area contributed by atoms with Crippen molar-refractivity contribution in [1.82, 2.24) is 0 Å². The zero-order chi connectivity index (χ0) is 14.0. The van der Waals surface area contributed by atoms with Gasteiger partial charge in [-0.3, -0.25) is 0 Å². The van der Waals surface area contributed by atoms with E-state index in [0.717, 1.165) is 29.9 Å². The van der Waals surface area contributed by atoms with Crippen molar-refractivity contribution in [3.05, 3.63) is 11.6 Å². The largest absolute Gasteiger partial charge is 0.309 e. The van der Waals surface area contributed by atoms with Gasteiger partial charge in [0.1, 0.15) is 0 Å². The van der Waals surface area contributed by atoms with Gasteiger partial charge in [0.2, 0.25) is 0 Å². The van der Waals surface area contributed by atoms with E-state index >= 15 is 0 Å². The van der Waals surface area contributed by atoms with Gasteiger partial charge in [0, 0.05) is 11.1 Å². The van der Waals surface area contributed by atoms with Crippen molar-refractivity contribution in [2.45, 2.75) is 71.6 Å². The summed E-state index contributed by atoms with van der Waals surface area (Å²) in [6.45, 7) is 4.99. The van der Waals surface area contributed by atoms with Crippen LogP contribution in [0.1, 0.15) is 71.6 Å². The van der Waals surface area contributed by atoms with Crippen LogP contribution in [0.4, 0.5) is 0 Å². The van der Waals surface area contributed by atoms with Crippen LogP contribution >= 0.6 is 0 Å². The zero-order valence-electron chi connectivity index (χ0n) is 13.2. The molecule has 0 heterocycles. The first kappa shape index (κ1) is 13.1. The molecular formula is C19H29N. The Labute approximate surface area is 123 Å². The fraction of sp³-hybridized carbons (Fsp3) is 0.842. The van der Waals surface area contributed by atoms with Crippen molar-refractivity contribution < 1.29 is 0 Å². The molecule has 1 N–H and O–H groups in total. The molecule has 0 spiro atoms. The first-order valence-corrected chi connectivity index (χ1v) is 8.83. The van der Waals surface area contributed by atoms with E-state index in [1.807, 2.05) is 5.57 Å². The first-order valence-electron chi connectivity index (χ1n) is 8.83. The molecule has 0 aliphatic heterocycles. The van der Waals surface area contributed by atoms with E-state index in [1.165, 1.54) is 51.4 Å². The highest BCUT2D eigenvalue weighted by molar-refractivity contribution is 5.89. The molecule has 110 valence electrons. The van der Waals surface area contributed by atoms with Crippen LogP contribution in [0, 0.1) is 34.0 Å². The van der Waals surface area contributed by atoms with Gasteiger partial charge < -0.3 is 5.41 Å². The standard InChI is InChI=1S/C19H29N/c1-18-11-4-3-5-13(18)6-7-14-15-8-9-17(20)19(15,2)12-10-16(14)18/h6,14-16,20H,3-5,7-12H2,1-2H3. The van der Waals surface area contributed by atoms with Gasteiger partial charge in [-0.2, -0.15) is 0 Å². The summed E-state index contributed by atoms with van der Waals surface area (Å²) in [5, 5.41) is 8.39. The Hall–Kier alpha value is -0.590. The predicted octanol–water partition coefficient (Wildman–Crippen LogP) is 5.36. The van der Waals surface area contributed by atoms with E-state index in [4.69, 9.17) is 5.41 Å². The molecule has 3 fully saturated rings. The maximum absolute atomic E-state index is 8.39. The zero-order valence-corrected chi connectivity index (χ0v) is 13.2. The van der Waals surface area contributed by atoms with Crippen LogP contribution in [-0.4, -0.2) is 5.71 Å². The maximum Gasteiger partial charge on any atom is 0.0151 e. The number of nitrogens with one attached hydrogen (secondary N) is 1. The van der Waals surface area contributed by atoms with Gasteiger partial charge in [-0.1, -0.05) is 31.9 Å². The molecule has 5 unspecified atom stereocenters. The Bertz CT molecular complexity index is 476. The average Bonchev–Trinajstić information content (AvgIpc) is 2.74. The monoisotopic (exact) mass is 271 g/mol. The number of rotatable bonds is 0. The van der Waals surface area contributed by atoms with E-state index in [1.54, 1.807) is 0 Å². The lowest BCUT2D eigenvalue weighted by Crippen LogP contribution is -2.49. The summed E-state index contributed by atoms with van der Waals surface area (Å²) >= 11 is 0. The van der Waals surface area contributed by atoms with Crippen molar-refractivity contribution in [3.8, 4) is 0 Å². The molecule has 0 saturated heterocycles. The van der Waals surface area contributed by atoms with E-state index in [0.29, 0.717) is 5.41 Å². The molecule has 1 heteroatoms. The molecule has 0 amide bonds. The summed E-state index contributed by atoms with van der Waals surface area (Å²) in [6.07, 6.45) is 14.7. The minimum atomic E-state index is 0.261. The van der Waals surface area contributed by atoms with Gasteiger partial charge in [-0.05, 0) is 74.5 Å². The lowest BCUT2D eigenvalue weighted by molar-refractivity contribution is -0.00631. The Balaban J connectivity index is 1.71.